The third kappa shape index (κ3) is 5.63. The molecule has 8 heteroatoms. The Morgan fingerprint density at radius 2 is 1.76 bits per heavy atom. The van der Waals surface area contributed by atoms with Crippen LogP contribution in [0, 0.1) is 10.1 Å². The number of rotatable bonds is 7. The molecule has 0 fully saturated rings. The number of carbonyl (C=O) groups excluding carboxylic acids is 1. The quantitative estimate of drug-likeness (QED) is 0.351. The number of carbonyl (C=O) groups is 1. The second kappa shape index (κ2) is 9.48. The number of hydrogen-bond acceptors (Lipinski definition) is 5. The maximum atomic E-state index is 12.2. The lowest BCUT2D eigenvalue weighted by Crippen LogP contribution is -2.17. The number of nitro benzene ring substituents is 1. The predicted octanol–water partition coefficient (Wildman–Crippen LogP) is 4.59. The molecular weight excluding hydrogens is 394 g/mol. The van der Waals surface area contributed by atoms with Crippen molar-refractivity contribution in [2.45, 2.75) is 6.61 Å². The first-order valence-corrected chi connectivity index (χ1v) is 8.95. The number of nitrogens with one attached hydrogen (secondary N) is 1. The molecule has 0 aliphatic heterocycles. The Labute approximate surface area is 171 Å². The topological polar surface area (TPSA) is 93.8 Å². The Morgan fingerprint density at radius 1 is 1.07 bits per heavy atom. The summed E-state index contributed by atoms with van der Waals surface area (Å²) < 4.78 is 5.67. The van der Waals surface area contributed by atoms with E-state index in [0.717, 1.165) is 5.56 Å². The number of hydrogen-bond donors (Lipinski definition) is 1. The third-order valence-corrected chi connectivity index (χ3v) is 4.19. The van der Waals surface area contributed by atoms with Gasteiger partial charge in [0.05, 0.1) is 16.7 Å². The van der Waals surface area contributed by atoms with Crippen LogP contribution < -0.4 is 10.2 Å². The van der Waals surface area contributed by atoms with E-state index in [1.165, 1.54) is 12.3 Å². The maximum absolute atomic E-state index is 12.2. The van der Waals surface area contributed by atoms with E-state index in [4.69, 9.17) is 16.3 Å². The summed E-state index contributed by atoms with van der Waals surface area (Å²) in [5.41, 5.74) is 3.91. The smallest absolute Gasteiger partial charge is 0.278 e. The number of ether oxygens (including phenoxy) is 1. The average Bonchev–Trinajstić information content (AvgIpc) is 2.74. The first kappa shape index (κ1) is 20.0. The predicted molar refractivity (Wildman–Crippen MR) is 110 cm³/mol. The van der Waals surface area contributed by atoms with Gasteiger partial charge in [-0.1, -0.05) is 35.9 Å². The Bertz CT molecular complexity index is 1030. The molecule has 0 heterocycles. The highest BCUT2D eigenvalue weighted by molar-refractivity contribution is 6.30. The Hall–Kier alpha value is -3.71. The molecule has 3 aromatic carbocycles. The van der Waals surface area contributed by atoms with Crippen LogP contribution in [0.2, 0.25) is 5.02 Å². The highest BCUT2D eigenvalue weighted by Gasteiger charge is 2.10. The molecule has 1 N–H and O–H groups in total. The van der Waals surface area contributed by atoms with Crippen LogP contribution in [0.1, 0.15) is 21.5 Å². The summed E-state index contributed by atoms with van der Waals surface area (Å²) in [5.74, 6) is 0.170. The molecular formula is C21H16ClN3O4. The van der Waals surface area contributed by atoms with E-state index in [2.05, 4.69) is 10.5 Å². The van der Waals surface area contributed by atoms with E-state index in [9.17, 15) is 14.9 Å². The molecule has 0 atom stereocenters. The van der Waals surface area contributed by atoms with E-state index in [1.54, 1.807) is 54.6 Å². The molecule has 0 radical (unpaired) electrons. The third-order valence-electron chi connectivity index (χ3n) is 3.94. The fraction of sp³-hybridized carbons (Fsp3) is 0.0476. The summed E-state index contributed by atoms with van der Waals surface area (Å²) in [6, 6.07) is 20.0. The first-order chi connectivity index (χ1) is 14.0. The summed E-state index contributed by atoms with van der Waals surface area (Å²) in [4.78, 5) is 22.6. The van der Waals surface area contributed by atoms with Crippen molar-refractivity contribution >= 4 is 29.4 Å². The average molecular weight is 410 g/mol. The summed E-state index contributed by atoms with van der Waals surface area (Å²) in [6.07, 6.45) is 1.24. The van der Waals surface area contributed by atoms with Gasteiger partial charge in [0.2, 0.25) is 0 Å². The number of nitro groups is 1. The molecule has 3 rings (SSSR count). The molecule has 29 heavy (non-hydrogen) atoms. The van der Waals surface area contributed by atoms with Gasteiger partial charge in [-0.15, -0.1) is 0 Å². The molecule has 0 aromatic heterocycles. The molecule has 1 amide bonds. The van der Waals surface area contributed by atoms with Gasteiger partial charge >= 0.3 is 0 Å². The Kier molecular flexibility index (Phi) is 6.55. The van der Waals surface area contributed by atoms with Crippen molar-refractivity contribution in [3.05, 3.63) is 105 Å². The van der Waals surface area contributed by atoms with Gasteiger partial charge in [-0.05, 0) is 48.0 Å². The summed E-state index contributed by atoms with van der Waals surface area (Å²) in [5, 5.41) is 15.4. The number of halogens is 1. The van der Waals surface area contributed by atoms with Crippen molar-refractivity contribution in [1.82, 2.24) is 5.43 Å². The van der Waals surface area contributed by atoms with Crippen molar-refractivity contribution in [2.75, 3.05) is 0 Å². The second-order valence-electron chi connectivity index (χ2n) is 5.95. The van der Waals surface area contributed by atoms with Gasteiger partial charge in [-0.3, -0.25) is 14.9 Å². The van der Waals surface area contributed by atoms with Crippen LogP contribution in [0.3, 0.4) is 0 Å². The lowest BCUT2D eigenvalue weighted by atomic mass is 10.2. The van der Waals surface area contributed by atoms with Crippen LogP contribution >= 0.6 is 11.6 Å². The van der Waals surface area contributed by atoms with Crippen molar-refractivity contribution < 1.29 is 14.5 Å². The van der Waals surface area contributed by atoms with E-state index in [-0.39, 0.29) is 5.69 Å². The van der Waals surface area contributed by atoms with Gasteiger partial charge in [-0.25, -0.2) is 5.43 Å². The zero-order valence-corrected chi connectivity index (χ0v) is 15.9. The number of benzene rings is 3. The van der Waals surface area contributed by atoms with Crippen molar-refractivity contribution in [3.8, 4) is 5.75 Å². The highest BCUT2D eigenvalue weighted by Crippen LogP contribution is 2.17. The van der Waals surface area contributed by atoms with E-state index >= 15 is 0 Å². The maximum Gasteiger partial charge on any atom is 0.278 e. The van der Waals surface area contributed by atoms with Crippen LogP contribution in [0.4, 0.5) is 5.69 Å². The van der Waals surface area contributed by atoms with Crippen LogP contribution in [0.5, 0.6) is 5.75 Å². The van der Waals surface area contributed by atoms with Crippen molar-refractivity contribution in [3.63, 3.8) is 0 Å². The lowest BCUT2D eigenvalue weighted by Gasteiger charge is -2.07. The SMILES string of the molecule is O=C(N/N=C\c1ccccc1[N+](=O)[O-])c1ccc(OCc2ccc(Cl)cc2)cc1. The fourth-order valence-electron chi connectivity index (χ4n) is 2.44. The largest absolute Gasteiger partial charge is 0.489 e. The minimum Gasteiger partial charge on any atom is -0.489 e. The molecule has 0 saturated heterocycles. The van der Waals surface area contributed by atoms with Crippen LogP contribution in [-0.4, -0.2) is 17.0 Å². The zero-order chi connectivity index (χ0) is 20.6. The number of hydrazone groups is 1. The van der Waals surface area contributed by atoms with Crippen molar-refractivity contribution in [2.24, 2.45) is 5.10 Å². The van der Waals surface area contributed by atoms with Crippen molar-refractivity contribution in [1.29, 1.82) is 0 Å². The summed E-state index contributed by atoms with van der Waals surface area (Å²) in [6.45, 7) is 0.378. The summed E-state index contributed by atoms with van der Waals surface area (Å²) in [7, 11) is 0. The molecule has 146 valence electrons. The molecule has 3 aromatic rings. The fourth-order valence-corrected chi connectivity index (χ4v) is 2.56. The zero-order valence-electron chi connectivity index (χ0n) is 15.1. The van der Waals surface area contributed by atoms with E-state index < -0.39 is 10.8 Å². The monoisotopic (exact) mass is 409 g/mol. The van der Waals surface area contributed by atoms with Crippen LogP contribution in [0.25, 0.3) is 0 Å². The number of para-hydroxylation sites is 1. The van der Waals surface area contributed by atoms with Gasteiger partial charge < -0.3 is 4.74 Å². The van der Waals surface area contributed by atoms with Gasteiger partial charge in [0.25, 0.3) is 11.6 Å². The van der Waals surface area contributed by atoms with Gasteiger partial charge in [0.1, 0.15) is 12.4 Å². The highest BCUT2D eigenvalue weighted by atomic mass is 35.5. The second-order valence-corrected chi connectivity index (χ2v) is 6.39. The Balaban J connectivity index is 1.56. The normalized spacial score (nSPS) is 10.7. The van der Waals surface area contributed by atoms with E-state index in [1.807, 2.05) is 12.1 Å². The molecule has 0 aliphatic rings. The van der Waals surface area contributed by atoms with Crippen LogP contribution in [0.15, 0.2) is 77.9 Å². The van der Waals surface area contributed by atoms with Gasteiger partial charge in [0, 0.05) is 16.7 Å². The minimum absolute atomic E-state index is 0.0901. The minimum atomic E-state index is -0.508. The lowest BCUT2D eigenvalue weighted by molar-refractivity contribution is -0.385. The molecule has 7 nitrogen and oxygen atoms in total. The van der Waals surface area contributed by atoms with Crippen LogP contribution in [-0.2, 0) is 6.61 Å². The molecule has 0 unspecified atom stereocenters. The molecule has 0 bridgehead atoms. The van der Waals surface area contributed by atoms with Gasteiger partial charge in [0.15, 0.2) is 0 Å². The number of nitrogens with zero attached hydrogens (tertiary/aromatic N) is 2. The Morgan fingerprint density at radius 3 is 2.45 bits per heavy atom. The first-order valence-electron chi connectivity index (χ1n) is 8.57. The van der Waals surface area contributed by atoms with Gasteiger partial charge in [-0.2, -0.15) is 5.10 Å². The number of amides is 1. The molecule has 0 saturated carbocycles. The molecule has 0 spiro atoms. The van der Waals surface area contributed by atoms with E-state index in [0.29, 0.717) is 28.5 Å². The standard InChI is InChI=1S/C21H16ClN3O4/c22-18-9-5-15(6-10-18)14-29-19-11-7-16(8-12-19)21(26)24-23-13-17-3-1-2-4-20(17)25(27)28/h1-13H,14H2,(H,24,26)/b23-13-. The molecule has 0 aliphatic carbocycles. The summed E-state index contributed by atoms with van der Waals surface area (Å²) >= 11 is 5.85.